The van der Waals surface area contributed by atoms with E-state index < -0.39 is 0 Å². The predicted octanol–water partition coefficient (Wildman–Crippen LogP) is 6.17. The van der Waals surface area contributed by atoms with E-state index in [-0.39, 0.29) is 36.7 Å². The third-order valence-electron chi connectivity index (χ3n) is 4.76. The lowest BCUT2D eigenvalue weighted by Gasteiger charge is -2.13. The molecular formula is C25H19ClFNO4S. The summed E-state index contributed by atoms with van der Waals surface area (Å²) in [6.45, 7) is 0.609. The van der Waals surface area contributed by atoms with Gasteiger partial charge in [-0.25, -0.2) is 4.39 Å². The molecule has 8 heteroatoms. The molecule has 0 atom stereocenters. The van der Waals surface area contributed by atoms with Crippen molar-refractivity contribution in [3.8, 4) is 11.5 Å². The molecule has 0 saturated carbocycles. The van der Waals surface area contributed by atoms with Gasteiger partial charge in [0.15, 0.2) is 0 Å². The number of thioether (sulfide) groups is 1. The summed E-state index contributed by atoms with van der Waals surface area (Å²) in [6, 6.07) is 20.3. The van der Waals surface area contributed by atoms with Crippen LogP contribution in [0.15, 0.2) is 77.7 Å². The summed E-state index contributed by atoms with van der Waals surface area (Å²) in [7, 11) is 0. The molecule has 0 aromatic heterocycles. The number of rotatable bonds is 8. The second kappa shape index (κ2) is 10.6. The van der Waals surface area contributed by atoms with Crippen LogP contribution in [0.3, 0.4) is 0 Å². The molecule has 2 amide bonds. The van der Waals surface area contributed by atoms with E-state index in [4.69, 9.17) is 21.1 Å². The molecular weight excluding hydrogens is 465 g/mol. The van der Waals surface area contributed by atoms with Crippen molar-refractivity contribution in [2.75, 3.05) is 13.2 Å². The van der Waals surface area contributed by atoms with Crippen LogP contribution < -0.4 is 9.47 Å². The molecule has 1 aliphatic heterocycles. The standard InChI is InChI=1S/C25H19ClFNO4S/c26-21-14-18(8-11-22(21)32-16-17-6-9-19(27)10-7-17)15-23-24(29)28(25(30)33-23)12-13-31-20-4-2-1-3-5-20/h1-11,14-15H,12-13,16H2/b23-15-. The van der Waals surface area contributed by atoms with Gasteiger partial charge in [-0.3, -0.25) is 14.5 Å². The quantitative estimate of drug-likeness (QED) is 0.358. The van der Waals surface area contributed by atoms with Crippen LogP contribution in [0.2, 0.25) is 5.02 Å². The van der Waals surface area contributed by atoms with Crippen molar-refractivity contribution in [2.24, 2.45) is 0 Å². The number of carbonyl (C=O) groups is 2. The highest BCUT2D eigenvalue weighted by molar-refractivity contribution is 8.18. The zero-order valence-electron chi connectivity index (χ0n) is 17.4. The van der Waals surface area contributed by atoms with Crippen molar-refractivity contribution in [2.45, 2.75) is 6.61 Å². The van der Waals surface area contributed by atoms with Crippen molar-refractivity contribution < 1.29 is 23.5 Å². The van der Waals surface area contributed by atoms with Crippen molar-refractivity contribution in [3.05, 3.63) is 99.7 Å². The number of amides is 2. The highest BCUT2D eigenvalue weighted by Crippen LogP contribution is 2.34. The van der Waals surface area contributed by atoms with Gasteiger partial charge in [0.25, 0.3) is 11.1 Å². The Morgan fingerprint density at radius 1 is 0.970 bits per heavy atom. The highest BCUT2D eigenvalue weighted by atomic mass is 35.5. The number of halogens is 2. The Morgan fingerprint density at radius 2 is 1.73 bits per heavy atom. The monoisotopic (exact) mass is 483 g/mol. The SMILES string of the molecule is O=C1S/C(=C\c2ccc(OCc3ccc(F)cc3)c(Cl)c2)C(=O)N1CCOc1ccccc1. The molecule has 0 unspecified atom stereocenters. The summed E-state index contributed by atoms with van der Waals surface area (Å²) in [5, 5.41) is 0.0228. The van der Waals surface area contributed by atoms with Gasteiger partial charge in [-0.1, -0.05) is 48.0 Å². The van der Waals surface area contributed by atoms with Crippen LogP contribution in [0, 0.1) is 5.82 Å². The van der Waals surface area contributed by atoms with Gasteiger partial charge < -0.3 is 9.47 Å². The van der Waals surface area contributed by atoms with Crippen LogP contribution in [0.1, 0.15) is 11.1 Å². The molecule has 4 rings (SSSR count). The van der Waals surface area contributed by atoms with E-state index >= 15 is 0 Å². The van der Waals surface area contributed by atoms with E-state index in [1.54, 1.807) is 36.4 Å². The first-order chi connectivity index (χ1) is 16.0. The maximum atomic E-state index is 13.0. The van der Waals surface area contributed by atoms with Gasteiger partial charge >= 0.3 is 0 Å². The molecule has 0 N–H and O–H groups in total. The fourth-order valence-corrected chi connectivity index (χ4v) is 4.19. The second-order valence-corrected chi connectivity index (χ2v) is 8.50. The van der Waals surface area contributed by atoms with Crippen LogP contribution in [-0.4, -0.2) is 29.2 Å². The zero-order chi connectivity index (χ0) is 23.2. The molecule has 5 nitrogen and oxygen atoms in total. The molecule has 1 heterocycles. The summed E-state index contributed by atoms with van der Waals surface area (Å²) in [5.74, 6) is 0.462. The number of hydrogen-bond acceptors (Lipinski definition) is 5. The number of nitrogens with zero attached hydrogens (tertiary/aromatic N) is 1. The first-order valence-electron chi connectivity index (χ1n) is 10.1. The number of ether oxygens (including phenoxy) is 2. The van der Waals surface area contributed by atoms with Gasteiger partial charge in [0.05, 0.1) is 16.5 Å². The van der Waals surface area contributed by atoms with Gasteiger partial charge in [-0.05, 0) is 65.4 Å². The maximum Gasteiger partial charge on any atom is 0.293 e. The Kier molecular flexibility index (Phi) is 7.32. The normalized spacial score (nSPS) is 14.7. The molecule has 3 aromatic rings. The molecule has 1 fully saturated rings. The molecule has 33 heavy (non-hydrogen) atoms. The first-order valence-corrected chi connectivity index (χ1v) is 11.3. The molecule has 0 spiro atoms. The molecule has 168 valence electrons. The zero-order valence-corrected chi connectivity index (χ0v) is 18.9. The lowest BCUT2D eigenvalue weighted by molar-refractivity contribution is -0.123. The second-order valence-electron chi connectivity index (χ2n) is 7.10. The van der Waals surface area contributed by atoms with Gasteiger partial charge in [0, 0.05) is 0 Å². The average molecular weight is 484 g/mol. The number of benzene rings is 3. The highest BCUT2D eigenvalue weighted by Gasteiger charge is 2.34. The minimum absolute atomic E-state index is 0.161. The largest absolute Gasteiger partial charge is 0.492 e. The van der Waals surface area contributed by atoms with Crippen molar-refractivity contribution in [1.29, 1.82) is 0 Å². The van der Waals surface area contributed by atoms with Crippen molar-refractivity contribution >= 4 is 40.6 Å². The fraction of sp³-hybridized carbons (Fsp3) is 0.120. The molecule has 3 aromatic carbocycles. The summed E-state index contributed by atoms with van der Waals surface area (Å²) in [4.78, 5) is 26.4. The molecule has 0 aliphatic carbocycles. The van der Waals surface area contributed by atoms with Gasteiger partial charge in [-0.2, -0.15) is 0 Å². The lowest BCUT2D eigenvalue weighted by Crippen LogP contribution is -2.32. The van der Waals surface area contributed by atoms with Crippen LogP contribution in [0.5, 0.6) is 11.5 Å². The van der Waals surface area contributed by atoms with E-state index in [2.05, 4.69) is 0 Å². The maximum absolute atomic E-state index is 13.0. The Balaban J connectivity index is 1.36. The average Bonchev–Trinajstić information content (AvgIpc) is 3.07. The lowest BCUT2D eigenvalue weighted by atomic mass is 10.2. The third kappa shape index (κ3) is 5.94. The number of para-hydroxylation sites is 1. The van der Waals surface area contributed by atoms with Gasteiger partial charge in [-0.15, -0.1) is 0 Å². The number of hydrogen-bond donors (Lipinski definition) is 0. The summed E-state index contributed by atoms with van der Waals surface area (Å²) in [5.41, 5.74) is 1.47. The third-order valence-corrected chi connectivity index (χ3v) is 5.96. The Bertz CT molecular complexity index is 1180. The van der Waals surface area contributed by atoms with Crippen LogP contribution in [0.4, 0.5) is 9.18 Å². The fourth-order valence-electron chi connectivity index (χ4n) is 3.08. The summed E-state index contributed by atoms with van der Waals surface area (Å²) in [6.07, 6.45) is 1.62. The van der Waals surface area contributed by atoms with E-state index in [1.807, 2.05) is 30.3 Å². The first kappa shape index (κ1) is 22.9. The molecule has 1 aliphatic rings. The Morgan fingerprint density at radius 3 is 2.45 bits per heavy atom. The Labute approximate surface area is 199 Å². The summed E-state index contributed by atoms with van der Waals surface area (Å²) < 4.78 is 24.3. The van der Waals surface area contributed by atoms with E-state index in [0.29, 0.717) is 27.0 Å². The van der Waals surface area contributed by atoms with Crippen molar-refractivity contribution in [3.63, 3.8) is 0 Å². The smallest absolute Gasteiger partial charge is 0.293 e. The van der Waals surface area contributed by atoms with Crippen LogP contribution in [-0.2, 0) is 11.4 Å². The molecule has 0 radical (unpaired) electrons. The van der Waals surface area contributed by atoms with Gasteiger partial charge in [0.1, 0.15) is 30.5 Å². The predicted molar refractivity (Wildman–Crippen MR) is 127 cm³/mol. The number of imide groups is 1. The van der Waals surface area contributed by atoms with Gasteiger partial charge in [0.2, 0.25) is 0 Å². The minimum atomic E-state index is -0.366. The van der Waals surface area contributed by atoms with E-state index in [1.165, 1.54) is 17.0 Å². The van der Waals surface area contributed by atoms with E-state index in [9.17, 15) is 14.0 Å². The molecule has 0 bridgehead atoms. The molecule has 1 saturated heterocycles. The van der Waals surface area contributed by atoms with Crippen molar-refractivity contribution in [1.82, 2.24) is 4.90 Å². The minimum Gasteiger partial charge on any atom is -0.492 e. The number of carbonyl (C=O) groups excluding carboxylic acids is 2. The topological polar surface area (TPSA) is 55.8 Å². The Hall–Kier alpha value is -3.29. The van der Waals surface area contributed by atoms with Crippen LogP contribution in [0.25, 0.3) is 6.08 Å². The summed E-state index contributed by atoms with van der Waals surface area (Å²) >= 11 is 7.21. The van der Waals surface area contributed by atoms with E-state index in [0.717, 1.165) is 17.3 Å². The van der Waals surface area contributed by atoms with Crippen LogP contribution >= 0.6 is 23.4 Å².